The minimum absolute atomic E-state index is 0.723. The van der Waals surface area contributed by atoms with E-state index in [2.05, 4.69) is 25.3 Å². The van der Waals surface area contributed by atoms with E-state index in [1.54, 1.807) is 17.6 Å². The monoisotopic (exact) mass is 275 g/mol. The van der Waals surface area contributed by atoms with Gasteiger partial charge in [0.05, 0.1) is 26.0 Å². The highest BCUT2D eigenvalue weighted by Gasteiger charge is 2.11. The first-order valence-electron chi connectivity index (χ1n) is 7.65. The molecule has 6 heteroatoms. The van der Waals surface area contributed by atoms with Crippen LogP contribution in [0.4, 0.5) is 5.82 Å². The lowest BCUT2D eigenvalue weighted by molar-refractivity contribution is -0.899. The zero-order valence-corrected chi connectivity index (χ0v) is 11.9. The molecule has 0 saturated carbocycles. The van der Waals surface area contributed by atoms with Crippen molar-refractivity contribution in [2.75, 3.05) is 31.5 Å². The summed E-state index contributed by atoms with van der Waals surface area (Å²) in [6.07, 6.45) is 10.0. The Hall–Kier alpha value is -1.69. The van der Waals surface area contributed by atoms with Crippen LogP contribution in [0.25, 0.3) is 11.2 Å². The van der Waals surface area contributed by atoms with Gasteiger partial charge in [0.15, 0.2) is 11.5 Å². The zero-order chi connectivity index (χ0) is 13.6. The first-order chi connectivity index (χ1) is 9.93. The number of quaternary nitrogens is 1. The molecular weight excluding hydrogens is 252 g/mol. The van der Waals surface area contributed by atoms with Crippen molar-refractivity contribution >= 4 is 17.0 Å². The maximum atomic E-state index is 4.28. The number of rotatable bonds is 5. The van der Waals surface area contributed by atoms with Gasteiger partial charge in [-0.1, -0.05) is 0 Å². The van der Waals surface area contributed by atoms with Crippen LogP contribution >= 0.6 is 0 Å². The highest BCUT2D eigenvalue weighted by molar-refractivity contribution is 5.81. The summed E-state index contributed by atoms with van der Waals surface area (Å²) in [6.45, 7) is 4.90. The maximum Gasteiger partial charge on any atom is 0.182 e. The molecule has 108 valence electrons. The average molecular weight is 275 g/mol. The van der Waals surface area contributed by atoms with Crippen molar-refractivity contribution < 1.29 is 4.90 Å². The van der Waals surface area contributed by atoms with E-state index < -0.39 is 0 Å². The van der Waals surface area contributed by atoms with Crippen molar-refractivity contribution in [1.29, 1.82) is 0 Å². The van der Waals surface area contributed by atoms with Gasteiger partial charge in [0.2, 0.25) is 0 Å². The number of anilines is 1. The number of aromatic amines is 1. The number of aromatic nitrogens is 4. The van der Waals surface area contributed by atoms with Crippen molar-refractivity contribution in [3.8, 4) is 0 Å². The summed E-state index contributed by atoms with van der Waals surface area (Å²) in [6, 6.07) is 0. The van der Waals surface area contributed by atoms with Crippen LogP contribution in [0.3, 0.4) is 0 Å². The lowest BCUT2D eigenvalue weighted by Crippen LogP contribution is -3.11. The summed E-state index contributed by atoms with van der Waals surface area (Å²) in [5, 5.41) is 3.39. The van der Waals surface area contributed by atoms with Crippen molar-refractivity contribution in [3.05, 3.63) is 12.7 Å². The van der Waals surface area contributed by atoms with Gasteiger partial charge in [-0.2, -0.15) is 0 Å². The Kier molecular flexibility index (Phi) is 4.42. The number of nitrogens with zero attached hydrogens (tertiary/aromatic N) is 3. The number of H-pyrrole nitrogens is 1. The van der Waals surface area contributed by atoms with E-state index in [1.165, 1.54) is 51.7 Å². The normalized spacial score (nSPS) is 17.2. The fourth-order valence-corrected chi connectivity index (χ4v) is 2.92. The Labute approximate surface area is 119 Å². The van der Waals surface area contributed by atoms with Gasteiger partial charge >= 0.3 is 0 Å². The van der Waals surface area contributed by atoms with Crippen molar-refractivity contribution in [2.45, 2.75) is 32.1 Å². The van der Waals surface area contributed by atoms with Crippen LogP contribution in [0.1, 0.15) is 32.1 Å². The second kappa shape index (κ2) is 6.65. The van der Waals surface area contributed by atoms with E-state index in [0.29, 0.717) is 0 Å². The Bertz CT molecular complexity index is 529. The second-order valence-corrected chi connectivity index (χ2v) is 5.52. The average Bonchev–Trinajstić information content (AvgIpc) is 2.81. The zero-order valence-electron chi connectivity index (χ0n) is 11.9. The minimum atomic E-state index is 0.723. The van der Waals surface area contributed by atoms with Crippen LogP contribution in [-0.2, 0) is 0 Å². The number of imidazole rings is 1. The molecule has 3 heterocycles. The molecule has 20 heavy (non-hydrogen) atoms. The molecule has 1 aliphatic rings. The molecule has 3 rings (SSSR count). The highest BCUT2D eigenvalue weighted by Crippen LogP contribution is 2.13. The highest BCUT2D eigenvalue weighted by atomic mass is 15.1. The van der Waals surface area contributed by atoms with E-state index in [0.717, 1.165) is 23.5 Å². The van der Waals surface area contributed by atoms with Crippen molar-refractivity contribution in [1.82, 2.24) is 19.9 Å². The Balaban J connectivity index is 1.46. The van der Waals surface area contributed by atoms with Gasteiger partial charge in [0.25, 0.3) is 0 Å². The molecule has 0 spiro atoms. The molecule has 0 aliphatic carbocycles. The first kappa shape index (κ1) is 13.3. The maximum absolute atomic E-state index is 4.28. The summed E-state index contributed by atoms with van der Waals surface area (Å²) in [7, 11) is 0. The molecule has 1 saturated heterocycles. The molecule has 1 fully saturated rings. The van der Waals surface area contributed by atoms with Crippen LogP contribution in [0, 0.1) is 0 Å². The third kappa shape index (κ3) is 3.25. The number of fused-ring (bicyclic) bond motifs is 1. The molecule has 0 unspecified atom stereocenters. The molecule has 0 amide bonds. The van der Waals surface area contributed by atoms with Gasteiger partial charge < -0.3 is 15.2 Å². The van der Waals surface area contributed by atoms with E-state index in [4.69, 9.17) is 0 Å². The fourth-order valence-electron chi connectivity index (χ4n) is 2.92. The van der Waals surface area contributed by atoms with E-state index in [9.17, 15) is 0 Å². The number of nitrogens with one attached hydrogen (secondary N) is 3. The standard InChI is InChI=1S/C14H22N6/c1-2-4-8-20(7-3-1)9-5-6-15-13-12-14(17-10-16-12)19-11-18-13/h10-11H,1-9H2,(H2,15,16,17,18,19)/p+1. The van der Waals surface area contributed by atoms with Gasteiger partial charge in [-0.05, 0) is 25.7 Å². The predicted molar refractivity (Wildman–Crippen MR) is 78.8 cm³/mol. The van der Waals surface area contributed by atoms with E-state index in [1.807, 2.05) is 0 Å². The molecule has 0 radical (unpaired) electrons. The SMILES string of the molecule is c1nc(NCCC[NH+]2CCCCCC2)c2[nH]cnc2n1. The number of hydrogen-bond acceptors (Lipinski definition) is 4. The fraction of sp³-hybridized carbons (Fsp3) is 0.643. The molecule has 6 nitrogen and oxygen atoms in total. The number of likely N-dealkylation sites (tertiary alicyclic amines) is 1. The molecular formula is C14H23N6+. The molecule has 2 aromatic rings. The molecule has 3 N–H and O–H groups in total. The summed E-state index contributed by atoms with van der Waals surface area (Å²) in [5.74, 6) is 0.860. The summed E-state index contributed by atoms with van der Waals surface area (Å²) < 4.78 is 0. The summed E-state index contributed by atoms with van der Waals surface area (Å²) >= 11 is 0. The second-order valence-electron chi connectivity index (χ2n) is 5.52. The van der Waals surface area contributed by atoms with Crippen LogP contribution in [0.5, 0.6) is 0 Å². The molecule has 1 aliphatic heterocycles. The van der Waals surface area contributed by atoms with Crippen LogP contribution in [-0.4, -0.2) is 46.1 Å². The van der Waals surface area contributed by atoms with Gasteiger partial charge in [-0.3, -0.25) is 0 Å². The van der Waals surface area contributed by atoms with Crippen LogP contribution in [0.15, 0.2) is 12.7 Å². The van der Waals surface area contributed by atoms with E-state index >= 15 is 0 Å². The lowest BCUT2D eigenvalue weighted by Gasteiger charge is -2.16. The van der Waals surface area contributed by atoms with Crippen molar-refractivity contribution in [3.63, 3.8) is 0 Å². The van der Waals surface area contributed by atoms with Gasteiger partial charge in [-0.15, -0.1) is 0 Å². The van der Waals surface area contributed by atoms with E-state index in [-0.39, 0.29) is 0 Å². The Morgan fingerprint density at radius 2 is 1.95 bits per heavy atom. The summed E-state index contributed by atoms with van der Waals surface area (Å²) in [5.41, 5.74) is 1.62. The Morgan fingerprint density at radius 3 is 2.80 bits per heavy atom. The topological polar surface area (TPSA) is 70.9 Å². The molecule has 0 aromatic carbocycles. The largest absolute Gasteiger partial charge is 0.368 e. The van der Waals surface area contributed by atoms with Gasteiger partial charge in [-0.25, -0.2) is 15.0 Å². The minimum Gasteiger partial charge on any atom is -0.368 e. The molecule has 2 aromatic heterocycles. The predicted octanol–water partition coefficient (Wildman–Crippen LogP) is 0.614. The third-order valence-corrected chi connectivity index (χ3v) is 4.03. The van der Waals surface area contributed by atoms with Crippen LogP contribution in [0.2, 0.25) is 0 Å². The van der Waals surface area contributed by atoms with Gasteiger partial charge in [0.1, 0.15) is 11.8 Å². The van der Waals surface area contributed by atoms with Crippen LogP contribution < -0.4 is 10.2 Å². The van der Waals surface area contributed by atoms with Gasteiger partial charge in [0, 0.05) is 13.0 Å². The Morgan fingerprint density at radius 1 is 1.10 bits per heavy atom. The number of hydrogen-bond donors (Lipinski definition) is 3. The first-order valence-corrected chi connectivity index (χ1v) is 7.65. The molecule has 0 atom stereocenters. The lowest BCUT2D eigenvalue weighted by atomic mass is 10.2. The summed E-state index contributed by atoms with van der Waals surface area (Å²) in [4.78, 5) is 17.4. The smallest absolute Gasteiger partial charge is 0.182 e. The third-order valence-electron chi connectivity index (χ3n) is 4.03. The van der Waals surface area contributed by atoms with Crippen molar-refractivity contribution in [2.24, 2.45) is 0 Å². The quantitative estimate of drug-likeness (QED) is 0.699. The molecule has 0 bridgehead atoms.